The van der Waals surface area contributed by atoms with Gasteiger partial charge in [-0.05, 0) is 12.8 Å². The molecular formula is C11H13F3N4O2S. The van der Waals surface area contributed by atoms with E-state index in [-0.39, 0.29) is 12.4 Å². The lowest BCUT2D eigenvalue weighted by Gasteiger charge is -2.04. The number of ether oxygens (including phenoxy) is 1. The van der Waals surface area contributed by atoms with Crippen LogP contribution in [0.3, 0.4) is 0 Å². The molecular weight excluding hydrogens is 309 g/mol. The average Bonchev–Trinajstić information content (AvgIpc) is 2.98. The van der Waals surface area contributed by atoms with Gasteiger partial charge < -0.3 is 15.0 Å². The van der Waals surface area contributed by atoms with Crippen LogP contribution in [0.4, 0.5) is 18.3 Å². The summed E-state index contributed by atoms with van der Waals surface area (Å²) in [5.74, 6) is 0.468. The molecule has 2 aromatic rings. The van der Waals surface area contributed by atoms with Crippen LogP contribution in [0.2, 0.25) is 0 Å². The summed E-state index contributed by atoms with van der Waals surface area (Å²) in [5, 5.41) is 5.95. The van der Waals surface area contributed by atoms with E-state index in [2.05, 4.69) is 19.9 Å². The summed E-state index contributed by atoms with van der Waals surface area (Å²) in [6.45, 7) is -1.66. The van der Waals surface area contributed by atoms with Gasteiger partial charge in [0.25, 0.3) is 0 Å². The van der Waals surface area contributed by atoms with Crippen LogP contribution >= 0.6 is 11.3 Å². The minimum atomic E-state index is -4.36. The summed E-state index contributed by atoms with van der Waals surface area (Å²) >= 11 is 1.37. The Hall–Kier alpha value is -1.68. The second kappa shape index (κ2) is 6.85. The number of anilines is 1. The molecule has 0 saturated heterocycles. The van der Waals surface area contributed by atoms with Crippen LogP contribution in [0.15, 0.2) is 9.90 Å². The van der Waals surface area contributed by atoms with E-state index in [9.17, 15) is 13.2 Å². The van der Waals surface area contributed by atoms with E-state index in [4.69, 9.17) is 10.3 Å². The lowest BCUT2D eigenvalue weighted by molar-refractivity contribution is -0.177. The molecule has 0 bridgehead atoms. The van der Waals surface area contributed by atoms with E-state index in [1.807, 2.05) is 5.38 Å². The number of hydrogen-bond donors (Lipinski definition) is 1. The van der Waals surface area contributed by atoms with Gasteiger partial charge in [0, 0.05) is 11.8 Å². The molecule has 21 heavy (non-hydrogen) atoms. The molecule has 0 aromatic carbocycles. The van der Waals surface area contributed by atoms with Crippen molar-refractivity contribution in [1.29, 1.82) is 0 Å². The zero-order valence-corrected chi connectivity index (χ0v) is 11.7. The van der Waals surface area contributed by atoms with E-state index in [1.165, 1.54) is 11.3 Å². The molecule has 0 radical (unpaired) electrons. The highest BCUT2D eigenvalue weighted by atomic mass is 32.1. The third kappa shape index (κ3) is 5.68. The first-order chi connectivity index (χ1) is 9.92. The fourth-order valence-corrected chi connectivity index (χ4v) is 2.16. The Bertz CT molecular complexity index is 570. The van der Waals surface area contributed by atoms with Gasteiger partial charge in [0.2, 0.25) is 5.89 Å². The number of alkyl halides is 3. The SMILES string of the molecule is Nc1nc(CCCc2nc(COCC(F)(F)F)no2)cs1. The smallest absolute Gasteiger partial charge is 0.375 e. The van der Waals surface area contributed by atoms with E-state index in [0.717, 1.165) is 18.5 Å². The Morgan fingerprint density at radius 1 is 1.29 bits per heavy atom. The largest absolute Gasteiger partial charge is 0.411 e. The summed E-state index contributed by atoms with van der Waals surface area (Å²) in [6.07, 6.45) is -2.39. The van der Waals surface area contributed by atoms with Crippen molar-refractivity contribution in [3.8, 4) is 0 Å². The molecule has 10 heteroatoms. The Morgan fingerprint density at radius 2 is 2.10 bits per heavy atom. The normalized spacial score (nSPS) is 12.0. The molecule has 0 unspecified atom stereocenters. The molecule has 0 aliphatic rings. The third-order valence-corrected chi connectivity index (χ3v) is 3.12. The zero-order chi connectivity index (χ0) is 15.3. The van der Waals surface area contributed by atoms with E-state index >= 15 is 0 Å². The molecule has 0 atom stereocenters. The Labute approximate surface area is 122 Å². The van der Waals surface area contributed by atoms with Crippen molar-refractivity contribution in [2.75, 3.05) is 12.3 Å². The first kappa shape index (κ1) is 15.7. The number of aromatic nitrogens is 3. The number of halogens is 3. The van der Waals surface area contributed by atoms with E-state index in [1.54, 1.807) is 0 Å². The van der Waals surface area contributed by atoms with Gasteiger partial charge in [-0.2, -0.15) is 18.2 Å². The molecule has 2 aromatic heterocycles. The summed E-state index contributed by atoms with van der Waals surface area (Å²) < 4.78 is 45.0. The topological polar surface area (TPSA) is 87.1 Å². The van der Waals surface area contributed by atoms with Crippen molar-refractivity contribution < 1.29 is 22.4 Å². The second-order valence-corrected chi connectivity index (χ2v) is 5.13. The molecule has 0 saturated carbocycles. The molecule has 0 spiro atoms. The number of aryl methyl sites for hydroxylation is 2. The van der Waals surface area contributed by atoms with E-state index < -0.39 is 12.8 Å². The van der Waals surface area contributed by atoms with Gasteiger partial charge in [-0.15, -0.1) is 11.3 Å². The molecule has 116 valence electrons. The Kier molecular flexibility index (Phi) is 5.12. The van der Waals surface area contributed by atoms with Crippen LogP contribution in [0.25, 0.3) is 0 Å². The number of rotatable bonds is 7. The van der Waals surface area contributed by atoms with Crippen molar-refractivity contribution in [2.45, 2.75) is 32.0 Å². The molecule has 2 rings (SSSR count). The van der Waals surface area contributed by atoms with Crippen LogP contribution < -0.4 is 5.73 Å². The van der Waals surface area contributed by atoms with Gasteiger partial charge in [0.15, 0.2) is 11.0 Å². The van der Waals surface area contributed by atoms with Gasteiger partial charge in [-0.3, -0.25) is 0 Å². The predicted octanol–water partition coefficient (Wildman–Crippen LogP) is 2.36. The van der Waals surface area contributed by atoms with Gasteiger partial charge in [0.1, 0.15) is 13.2 Å². The third-order valence-electron chi connectivity index (χ3n) is 2.40. The molecule has 0 aliphatic heterocycles. The maximum atomic E-state index is 11.9. The Morgan fingerprint density at radius 3 is 2.76 bits per heavy atom. The molecule has 6 nitrogen and oxygen atoms in total. The van der Waals surface area contributed by atoms with Crippen molar-refractivity contribution in [3.05, 3.63) is 22.8 Å². The predicted molar refractivity (Wildman–Crippen MR) is 68.6 cm³/mol. The molecule has 2 N–H and O–H groups in total. The first-order valence-electron chi connectivity index (χ1n) is 6.08. The summed E-state index contributed by atoms with van der Waals surface area (Å²) in [4.78, 5) is 8.07. The number of thiazole rings is 1. The molecule has 0 amide bonds. The monoisotopic (exact) mass is 322 g/mol. The quantitative estimate of drug-likeness (QED) is 0.842. The maximum Gasteiger partial charge on any atom is 0.411 e. The fourth-order valence-electron chi connectivity index (χ4n) is 1.57. The lowest BCUT2D eigenvalue weighted by atomic mass is 10.2. The van der Waals surface area contributed by atoms with Crippen molar-refractivity contribution >= 4 is 16.5 Å². The highest BCUT2D eigenvalue weighted by Gasteiger charge is 2.27. The number of hydrogen-bond acceptors (Lipinski definition) is 7. The summed E-state index contributed by atoms with van der Waals surface area (Å²) in [7, 11) is 0. The molecule has 2 heterocycles. The van der Waals surface area contributed by atoms with Crippen LogP contribution in [0.1, 0.15) is 23.8 Å². The van der Waals surface area contributed by atoms with Crippen LogP contribution in [-0.4, -0.2) is 27.9 Å². The van der Waals surface area contributed by atoms with Crippen LogP contribution in [-0.2, 0) is 24.2 Å². The highest BCUT2D eigenvalue weighted by Crippen LogP contribution is 2.16. The zero-order valence-electron chi connectivity index (χ0n) is 10.9. The van der Waals surface area contributed by atoms with Gasteiger partial charge >= 0.3 is 6.18 Å². The van der Waals surface area contributed by atoms with Crippen molar-refractivity contribution in [1.82, 2.24) is 15.1 Å². The second-order valence-electron chi connectivity index (χ2n) is 4.24. The minimum Gasteiger partial charge on any atom is -0.375 e. The van der Waals surface area contributed by atoms with Crippen molar-refractivity contribution in [2.24, 2.45) is 0 Å². The van der Waals surface area contributed by atoms with Gasteiger partial charge in [-0.1, -0.05) is 5.16 Å². The van der Waals surface area contributed by atoms with E-state index in [0.29, 0.717) is 17.4 Å². The number of nitrogen functional groups attached to an aromatic ring is 1. The van der Waals surface area contributed by atoms with Crippen LogP contribution in [0.5, 0.6) is 0 Å². The average molecular weight is 322 g/mol. The molecule has 0 fully saturated rings. The first-order valence-corrected chi connectivity index (χ1v) is 6.96. The van der Waals surface area contributed by atoms with Gasteiger partial charge in [-0.25, -0.2) is 4.98 Å². The van der Waals surface area contributed by atoms with Gasteiger partial charge in [0.05, 0.1) is 5.69 Å². The van der Waals surface area contributed by atoms with Crippen LogP contribution in [0, 0.1) is 0 Å². The summed E-state index contributed by atoms with van der Waals surface area (Å²) in [6, 6.07) is 0. The Balaban J connectivity index is 1.70. The summed E-state index contributed by atoms with van der Waals surface area (Å²) in [5.41, 5.74) is 6.41. The number of nitrogens with two attached hydrogens (primary N) is 1. The highest BCUT2D eigenvalue weighted by molar-refractivity contribution is 7.13. The van der Waals surface area contributed by atoms with Crippen molar-refractivity contribution in [3.63, 3.8) is 0 Å². The standard InChI is InChI=1S/C11H13F3N4O2S/c12-11(13,14)6-19-4-8-17-9(20-18-8)3-1-2-7-5-21-10(15)16-7/h5H,1-4,6H2,(H2,15,16). The number of nitrogens with zero attached hydrogens (tertiary/aromatic N) is 3. The maximum absolute atomic E-state index is 11.9. The lowest BCUT2D eigenvalue weighted by Crippen LogP contribution is -2.16. The molecule has 0 aliphatic carbocycles. The minimum absolute atomic E-state index is 0.104. The fraction of sp³-hybridized carbons (Fsp3) is 0.545.